The quantitative estimate of drug-likeness (QED) is 0.925. The van der Waals surface area contributed by atoms with Crippen molar-refractivity contribution in [1.29, 1.82) is 0 Å². The van der Waals surface area contributed by atoms with Crippen LogP contribution < -0.4 is 10.0 Å². The third-order valence-electron chi connectivity index (χ3n) is 3.11. The lowest BCUT2D eigenvalue weighted by Gasteiger charge is -2.19. The molecule has 0 bridgehead atoms. The van der Waals surface area contributed by atoms with Crippen molar-refractivity contribution in [2.45, 2.75) is 11.8 Å². The molecule has 20 heavy (non-hydrogen) atoms. The lowest BCUT2D eigenvalue weighted by Crippen LogP contribution is -2.28. The van der Waals surface area contributed by atoms with Crippen LogP contribution in [0.5, 0.6) is 0 Å². The van der Waals surface area contributed by atoms with Crippen LogP contribution in [0.1, 0.15) is 5.69 Å². The summed E-state index contributed by atoms with van der Waals surface area (Å²) >= 11 is 0. The number of para-hydroxylation sites is 1. The first-order valence-electron chi connectivity index (χ1n) is 5.79. The van der Waals surface area contributed by atoms with Gasteiger partial charge in [0.15, 0.2) is 10.7 Å². The summed E-state index contributed by atoms with van der Waals surface area (Å²) in [4.78, 5) is -0.106. The van der Waals surface area contributed by atoms with Gasteiger partial charge in [-0.2, -0.15) is 5.10 Å². The minimum absolute atomic E-state index is 0.0462. The van der Waals surface area contributed by atoms with Crippen molar-refractivity contribution >= 4 is 21.5 Å². The Balaban J connectivity index is 2.59. The number of aryl methyl sites for hydroxylation is 1. The molecule has 2 aromatic rings. The van der Waals surface area contributed by atoms with E-state index in [0.29, 0.717) is 5.69 Å². The first-order chi connectivity index (χ1) is 9.26. The number of hydrogen-bond acceptors (Lipinski definition) is 4. The second-order valence-corrected chi connectivity index (χ2v) is 6.25. The van der Waals surface area contributed by atoms with Gasteiger partial charge in [-0.15, -0.1) is 0 Å². The summed E-state index contributed by atoms with van der Waals surface area (Å²) in [5.41, 5.74) is 6.00. The fourth-order valence-corrected chi connectivity index (χ4v) is 3.40. The molecule has 0 fully saturated rings. The minimum Gasteiger partial charge on any atom is -0.381 e. The molecule has 0 aliphatic rings. The molecule has 1 aromatic heterocycles. The SMILES string of the molecule is Cc1c(S(=O)(=O)N(C)c2ccccc2F)c(N)nn1C. The van der Waals surface area contributed by atoms with E-state index in [9.17, 15) is 12.8 Å². The Hall–Kier alpha value is -2.09. The highest BCUT2D eigenvalue weighted by atomic mass is 32.2. The Bertz CT molecular complexity index is 755. The van der Waals surface area contributed by atoms with Crippen molar-refractivity contribution in [2.24, 2.45) is 7.05 Å². The lowest BCUT2D eigenvalue weighted by atomic mass is 10.3. The summed E-state index contributed by atoms with van der Waals surface area (Å²) in [5.74, 6) is -0.730. The van der Waals surface area contributed by atoms with E-state index in [4.69, 9.17) is 5.73 Å². The van der Waals surface area contributed by atoms with Crippen molar-refractivity contribution in [3.63, 3.8) is 0 Å². The predicted octanol–water partition coefficient (Wildman–Crippen LogP) is 1.27. The zero-order valence-electron chi connectivity index (χ0n) is 11.3. The van der Waals surface area contributed by atoms with Crippen molar-refractivity contribution in [3.8, 4) is 0 Å². The molecule has 1 heterocycles. The molecule has 2 N–H and O–H groups in total. The number of rotatable bonds is 3. The van der Waals surface area contributed by atoms with Crippen molar-refractivity contribution < 1.29 is 12.8 Å². The number of nitrogens with zero attached hydrogens (tertiary/aromatic N) is 3. The Morgan fingerprint density at radius 3 is 2.45 bits per heavy atom. The average molecular weight is 298 g/mol. The van der Waals surface area contributed by atoms with Crippen LogP contribution in [0.4, 0.5) is 15.9 Å². The van der Waals surface area contributed by atoms with E-state index >= 15 is 0 Å². The molecular weight excluding hydrogens is 283 g/mol. The third-order valence-corrected chi connectivity index (χ3v) is 5.05. The Morgan fingerprint density at radius 2 is 1.95 bits per heavy atom. The van der Waals surface area contributed by atoms with Gasteiger partial charge in [-0.25, -0.2) is 12.8 Å². The summed E-state index contributed by atoms with van der Waals surface area (Å²) in [6.45, 7) is 1.59. The van der Waals surface area contributed by atoms with Crippen molar-refractivity contribution in [3.05, 3.63) is 35.8 Å². The number of nitrogens with two attached hydrogens (primary N) is 1. The molecule has 0 atom stereocenters. The van der Waals surface area contributed by atoms with Gasteiger partial charge in [-0.3, -0.25) is 8.99 Å². The van der Waals surface area contributed by atoms with Gasteiger partial charge in [0.2, 0.25) is 0 Å². The molecule has 0 radical (unpaired) electrons. The number of benzene rings is 1. The second kappa shape index (κ2) is 4.78. The van der Waals surface area contributed by atoms with Crippen molar-refractivity contribution in [1.82, 2.24) is 9.78 Å². The Kier molecular flexibility index (Phi) is 3.43. The first kappa shape index (κ1) is 14.3. The van der Waals surface area contributed by atoms with Crippen LogP contribution in [0, 0.1) is 12.7 Å². The standard InChI is InChI=1S/C12H15FN4O2S/c1-8-11(12(14)15-16(8)2)20(18,19)17(3)10-7-5-4-6-9(10)13/h4-7H,1-3H3,(H2,14,15). The summed E-state index contributed by atoms with van der Waals surface area (Å²) in [6, 6.07) is 5.63. The largest absolute Gasteiger partial charge is 0.381 e. The van der Waals surface area contributed by atoms with E-state index in [1.165, 1.54) is 29.9 Å². The maximum absolute atomic E-state index is 13.7. The molecule has 0 aliphatic heterocycles. The highest BCUT2D eigenvalue weighted by molar-refractivity contribution is 7.93. The Labute approximate surface area is 116 Å². The molecule has 0 spiro atoms. The fourth-order valence-electron chi connectivity index (χ4n) is 1.91. The molecule has 0 unspecified atom stereocenters. The monoisotopic (exact) mass is 298 g/mol. The molecule has 0 saturated carbocycles. The van der Waals surface area contributed by atoms with Crippen LogP contribution in [0.15, 0.2) is 29.2 Å². The number of anilines is 2. The summed E-state index contributed by atoms with van der Waals surface area (Å²) in [6.07, 6.45) is 0. The highest BCUT2D eigenvalue weighted by Gasteiger charge is 2.30. The molecule has 6 nitrogen and oxygen atoms in total. The molecule has 0 saturated heterocycles. The molecule has 108 valence electrons. The van der Waals surface area contributed by atoms with Crippen LogP contribution in [0.2, 0.25) is 0 Å². The fraction of sp³-hybridized carbons (Fsp3) is 0.250. The van der Waals surface area contributed by atoms with Gasteiger partial charge in [0.1, 0.15) is 5.82 Å². The lowest BCUT2D eigenvalue weighted by molar-refractivity contribution is 0.589. The van der Waals surface area contributed by atoms with E-state index in [-0.39, 0.29) is 16.4 Å². The smallest absolute Gasteiger partial charge is 0.269 e. The van der Waals surface area contributed by atoms with Crippen LogP contribution in [-0.4, -0.2) is 25.2 Å². The van der Waals surface area contributed by atoms with E-state index in [2.05, 4.69) is 5.10 Å². The van der Waals surface area contributed by atoms with Gasteiger partial charge in [-0.1, -0.05) is 12.1 Å². The summed E-state index contributed by atoms with van der Waals surface area (Å²) in [5, 5.41) is 3.87. The molecule has 0 aliphatic carbocycles. The van der Waals surface area contributed by atoms with E-state index < -0.39 is 15.8 Å². The van der Waals surface area contributed by atoms with E-state index in [1.807, 2.05) is 0 Å². The first-order valence-corrected chi connectivity index (χ1v) is 7.23. The van der Waals surface area contributed by atoms with Crippen LogP contribution >= 0.6 is 0 Å². The predicted molar refractivity (Wildman–Crippen MR) is 74.3 cm³/mol. The van der Waals surface area contributed by atoms with Gasteiger partial charge >= 0.3 is 0 Å². The maximum atomic E-state index is 13.7. The Morgan fingerprint density at radius 1 is 1.35 bits per heavy atom. The van der Waals surface area contributed by atoms with Gasteiger partial charge in [0, 0.05) is 14.1 Å². The summed E-state index contributed by atoms with van der Waals surface area (Å²) < 4.78 is 41.1. The van der Waals surface area contributed by atoms with Crippen LogP contribution in [0.25, 0.3) is 0 Å². The average Bonchev–Trinajstić information content (AvgIpc) is 2.63. The number of sulfonamides is 1. The molecule has 2 rings (SSSR count). The molecular formula is C12H15FN4O2S. The van der Waals surface area contributed by atoms with Gasteiger partial charge in [0.25, 0.3) is 10.0 Å². The van der Waals surface area contributed by atoms with Crippen LogP contribution in [-0.2, 0) is 17.1 Å². The third kappa shape index (κ3) is 2.11. The second-order valence-electron chi connectivity index (χ2n) is 4.35. The minimum atomic E-state index is -3.97. The number of halogens is 1. The number of aromatic nitrogens is 2. The van der Waals surface area contributed by atoms with Gasteiger partial charge in [-0.05, 0) is 19.1 Å². The zero-order chi connectivity index (χ0) is 15.1. The van der Waals surface area contributed by atoms with E-state index in [0.717, 1.165) is 4.31 Å². The van der Waals surface area contributed by atoms with Crippen molar-refractivity contribution in [2.75, 3.05) is 17.1 Å². The van der Waals surface area contributed by atoms with Gasteiger partial charge < -0.3 is 5.73 Å². The molecule has 0 amide bonds. The maximum Gasteiger partial charge on any atom is 0.269 e. The topological polar surface area (TPSA) is 81.2 Å². The summed E-state index contributed by atoms with van der Waals surface area (Å²) in [7, 11) is -1.10. The number of nitrogen functional groups attached to an aromatic ring is 1. The highest BCUT2D eigenvalue weighted by Crippen LogP contribution is 2.29. The van der Waals surface area contributed by atoms with Crippen LogP contribution in [0.3, 0.4) is 0 Å². The van der Waals surface area contributed by atoms with E-state index in [1.54, 1.807) is 20.0 Å². The number of hydrogen-bond donors (Lipinski definition) is 1. The van der Waals surface area contributed by atoms with Gasteiger partial charge in [0.05, 0.1) is 11.4 Å². The molecule has 8 heteroatoms. The zero-order valence-corrected chi connectivity index (χ0v) is 12.1. The normalized spacial score (nSPS) is 11.6. The molecule has 1 aromatic carbocycles.